The van der Waals surface area contributed by atoms with Crippen molar-refractivity contribution < 1.29 is 13.9 Å². The number of nitrogens with one attached hydrogen (secondary N) is 1. The summed E-state index contributed by atoms with van der Waals surface area (Å²) >= 11 is 3.45. The Hall–Kier alpha value is -3.12. The molecule has 0 bridgehead atoms. The summed E-state index contributed by atoms with van der Waals surface area (Å²) in [4.78, 5) is 11.0. The van der Waals surface area contributed by atoms with Gasteiger partial charge in [0.2, 0.25) is 0 Å². The molecule has 0 amide bonds. The molecule has 4 aromatic rings. The zero-order valence-electron chi connectivity index (χ0n) is 15.7. The highest BCUT2D eigenvalue weighted by Crippen LogP contribution is 2.30. The number of esters is 1. The molecule has 1 aromatic heterocycles. The highest BCUT2D eigenvalue weighted by atomic mass is 79.9. The van der Waals surface area contributed by atoms with Crippen LogP contribution in [-0.2, 0) is 16.1 Å². The highest BCUT2D eigenvalue weighted by molar-refractivity contribution is 9.10. The summed E-state index contributed by atoms with van der Waals surface area (Å²) in [7, 11) is 0. The van der Waals surface area contributed by atoms with Crippen molar-refractivity contribution in [3.8, 4) is 5.69 Å². The Balaban J connectivity index is 1.66. The Kier molecular flexibility index (Phi) is 5.36. The average molecular weight is 453 g/mol. The number of fused-ring (bicyclic) bond motifs is 1. The number of anilines is 2. The predicted molar refractivity (Wildman–Crippen MR) is 116 cm³/mol. The second-order valence-electron chi connectivity index (χ2n) is 6.63. The molecule has 3 aromatic carbocycles. The zero-order chi connectivity index (χ0) is 20.4. The highest BCUT2D eigenvalue weighted by Gasteiger charge is 2.13. The van der Waals surface area contributed by atoms with Gasteiger partial charge in [-0.3, -0.25) is 4.79 Å². The van der Waals surface area contributed by atoms with Gasteiger partial charge in [0.25, 0.3) is 0 Å². The molecule has 0 aliphatic carbocycles. The second-order valence-corrected chi connectivity index (χ2v) is 7.48. The van der Waals surface area contributed by atoms with E-state index in [1.54, 1.807) is 10.6 Å². The van der Waals surface area contributed by atoms with Crippen LogP contribution in [0.3, 0.4) is 0 Å². The van der Waals surface area contributed by atoms with E-state index in [2.05, 4.69) is 21.2 Å². The molecule has 0 saturated carbocycles. The van der Waals surface area contributed by atoms with Gasteiger partial charge in [-0.05, 0) is 48.5 Å². The van der Waals surface area contributed by atoms with E-state index in [1.807, 2.05) is 60.8 Å². The number of para-hydroxylation sites is 1. The quantitative estimate of drug-likeness (QED) is 0.359. The predicted octanol–water partition coefficient (Wildman–Crippen LogP) is 6.34. The molecule has 0 spiro atoms. The summed E-state index contributed by atoms with van der Waals surface area (Å²) in [5, 5.41) is 4.36. The summed E-state index contributed by atoms with van der Waals surface area (Å²) in [6.07, 6.45) is 1.84. The molecule has 1 N–H and O–H groups in total. The Morgan fingerprint density at radius 3 is 2.62 bits per heavy atom. The van der Waals surface area contributed by atoms with Crippen molar-refractivity contribution in [3.63, 3.8) is 0 Å². The molecule has 4 nitrogen and oxygen atoms in total. The number of carbonyl (C=O) groups excluding carboxylic acids is 1. The number of rotatable bonds is 5. The second kappa shape index (κ2) is 8.09. The number of benzene rings is 3. The Morgan fingerprint density at radius 1 is 1.07 bits per heavy atom. The number of hydrogen-bond donors (Lipinski definition) is 1. The van der Waals surface area contributed by atoms with Crippen LogP contribution in [0.4, 0.5) is 15.8 Å². The topological polar surface area (TPSA) is 43.3 Å². The SMILES string of the molecule is CC(=O)OCc1cc(F)c(-n2ccc3cc(Nc4ccccc4)ccc32)cc1Br. The van der Waals surface area contributed by atoms with E-state index in [1.165, 1.54) is 13.0 Å². The number of aromatic nitrogens is 1. The molecule has 0 unspecified atom stereocenters. The van der Waals surface area contributed by atoms with E-state index in [0.717, 1.165) is 22.3 Å². The third-order valence-corrected chi connectivity index (χ3v) is 5.30. The molecule has 6 heteroatoms. The van der Waals surface area contributed by atoms with Crippen molar-refractivity contribution in [3.05, 3.63) is 88.8 Å². The number of hydrogen-bond acceptors (Lipinski definition) is 3. The first-order valence-electron chi connectivity index (χ1n) is 9.06. The maximum atomic E-state index is 14.8. The minimum Gasteiger partial charge on any atom is -0.461 e. The van der Waals surface area contributed by atoms with E-state index < -0.39 is 5.97 Å². The number of ether oxygens (including phenoxy) is 1. The average Bonchev–Trinajstić information content (AvgIpc) is 3.12. The minimum absolute atomic E-state index is 0.0219. The molecule has 0 atom stereocenters. The van der Waals surface area contributed by atoms with E-state index >= 15 is 0 Å². The Labute approximate surface area is 176 Å². The van der Waals surface area contributed by atoms with Crippen LogP contribution < -0.4 is 5.32 Å². The van der Waals surface area contributed by atoms with Crippen molar-refractivity contribution in [2.24, 2.45) is 0 Å². The van der Waals surface area contributed by atoms with Crippen molar-refractivity contribution in [2.75, 3.05) is 5.32 Å². The molecule has 1 heterocycles. The lowest BCUT2D eigenvalue weighted by Crippen LogP contribution is -2.03. The van der Waals surface area contributed by atoms with Crippen LogP contribution in [0.5, 0.6) is 0 Å². The summed E-state index contributed by atoms with van der Waals surface area (Å²) in [6, 6.07) is 20.9. The third-order valence-electron chi connectivity index (χ3n) is 4.56. The van der Waals surface area contributed by atoms with Crippen LogP contribution in [0.15, 0.2) is 77.4 Å². The van der Waals surface area contributed by atoms with Crippen molar-refractivity contribution in [1.29, 1.82) is 0 Å². The van der Waals surface area contributed by atoms with E-state index in [4.69, 9.17) is 4.74 Å². The van der Waals surface area contributed by atoms with Crippen LogP contribution in [0.2, 0.25) is 0 Å². The molecule has 146 valence electrons. The summed E-state index contributed by atoms with van der Waals surface area (Å²) in [6.45, 7) is 1.35. The molecule has 4 rings (SSSR count). The molecule has 0 radical (unpaired) electrons. The maximum Gasteiger partial charge on any atom is 0.302 e. The van der Waals surface area contributed by atoms with Gasteiger partial charge in [-0.25, -0.2) is 4.39 Å². The van der Waals surface area contributed by atoms with Gasteiger partial charge in [0.1, 0.15) is 12.4 Å². The van der Waals surface area contributed by atoms with Gasteiger partial charge < -0.3 is 14.6 Å². The summed E-state index contributed by atoms with van der Waals surface area (Å²) in [5.41, 5.74) is 3.85. The van der Waals surface area contributed by atoms with Gasteiger partial charge in [-0.15, -0.1) is 0 Å². The van der Waals surface area contributed by atoms with E-state index in [9.17, 15) is 9.18 Å². The molecular formula is C23H18BrFN2O2. The standard InChI is InChI=1S/C23H18BrFN2O2/c1-15(28)29-14-17-12-21(25)23(13-20(17)24)27-10-9-16-11-19(7-8-22(16)27)26-18-5-3-2-4-6-18/h2-13,26H,14H2,1H3. The first-order chi connectivity index (χ1) is 14.0. The molecule has 0 saturated heterocycles. The lowest BCUT2D eigenvalue weighted by atomic mass is 10.2. The van der Waals surface area contributed by atoms with Gasteiger partial charge in [0.05, 0.1) is 11.2 Å². The number of halogens is 2. The molecular weight excluding hydrogens is 435 g/mol. The summed E-state index contributed by atoms with van der Waals surface area (Å²) < 4.78 is 22.3. The summed E-state index contributed by atoms with van der Waals surface area (Å²) in [5.74, 6) is -0.794. The molecule has 0 aliphatic rings. The fourth-order valence-electron chi connectivity index (χ4n) is 3.17. The maximum absolute atomic E-state index is 14.8. The van der Waals surface area contributed by atoms with E-state index in [-0.39, 0.29) is 12.4 Å². The fraction of sp³-hybridized carbons (Fsp3) is 0.0870. The van der Waals surface area contributed by atoms with Gasteiger partial charge in [0.15, 0.2) is 0 Å². The number of carbonyl (C=O) groups is 1. The van der Waals surface area contributed by atoms with Crippen LogP contribution in [0.1, 0.15) is 12.5 Å². The first-order valence-corrected chi connectivity index (χ1v) is 9.85. The zero-order valence-corrected chi connectivity index (χ0v) is 17.2. The van der Waals surface area contributed by atoms with Crippen molar-refractivity contribution in [1.82, 2.24) is 4.57 Å². The molecule has 0 fully saturated rings. The third kappa shape index (κ3) is 4.17. The number of nitrogens with zero attached hydrogens (tertiary/aromatic N) is 1. The minimum atomic E-state index is -0.405. The molecule has 29 heavy (non-hydrogen) atoms. The van der Waals surface area contributed by atoms with Crippen LogP contribution >= 0.6 is 15.9 Å². The van der Waals surface area contributed by atoms with Gasteiger partial charge in [-0.2, -0.15) is 0 Å². The van der Waals surface area contributed by atoms with Crippen LogP contribution in [-0.4, -0.2) is 10.5 Å². The lowest BCUT2D eigenvalue weighted by molar-refractivity contribution is -0.142. The molecule has 0 aliphatic heterocycles. The first kappa shape index (κ1) is 19.2. The van der Waals surface area contributed by atoms with Crippen LogP contribution in [0, 0.1) is 5.82 Å². The van der Waals surface area contributed by atoms with Crippen molar-refractivity contribution >= 4 is 44.2 Å². The van der Waals surface area contributed by atoms with Crippen molar-refractivity contribution in [2.45, 2.75) is 13.5 Å². The largest absolute Gasteiger partial charge is 0.461 e. The monoisotopic (exact) mass is 452 g/mol. The smallest absolute Gasteiger partial charge is 0.302 e. The van der Waals surface area contributed by atoms with Gasteiger partial charge >= 0.3 is 5.97 Å². The van der Waals surface area contributed by atoms with E-state index in [0.29, 0.717) is 15.7 Å². The lowest BCUT2D eigenvalue weighted by Gasteiger charge is -2.12. The van der Waals surface area contributed by atoms with Gasteiger partial charge in [-0.1, -0.05) is 34.1 Å². The Morgan fingerprint density at radius 2 is 1.86 bits per heavy atom. The van der Waals surface area contributed by atoms with Gasteiger partial charge in [0, 0.05) is 39.9 Å². The van der Waals surface area contributed by atoms with Crippen LogP contribution in [0.25, 0.3) is 16.6 Å². The fourth-order valence-corrected chi connectivity index (χ4v) is 3.62. The Bertz CT molecular complexity index is 1190. The normalized spacial score (nSPS) is 10.9.